The number of hydrogen-bond acceptors (Lipinski definition) is 1. The number of fused-ring (bicyclic) bond motifs is 5. The van der Waals surface area contributed by atoms with E-state index >= 15 is 0 Å². The monoisotopic (exact) mass is 332 g/mol. The minimum absolute atomic E-state index is 0.444. The van der Waals surface area contributed by atoms with Crippen LogP contribution < -0.4 is 10.6 Å². The zero-order valence-corrected chi connectivity index (χ0v) is 15.7. The number of hydrogen-bond donors (Lipinski definition) is 2. The summed E-state index contributed by atoms with van der Waals surface area (Å²) in [5, 5.41) is 8.27. The van der Waals surface area contributed by atoms with Crippen molar-refractivity contribution in [2.45, 2.75) is 71.4 Å². The second-order valence-corrected chi connectivity index (χ2v) is 10.0. The van der Waals surface area contributed by atoms with Gasteiger partial charge in [0, 0.05) is 12.1 Å². The quantitative estimate of drug-likeness (QED) is 0.583. The van der Waals surface area contributed by atoms with Crippen molar-refractivity contribution in [1.29, 1.82) is 0 Å². The summed E-state index contributed by atoms with van der Waals surface area (Å²) < 4.78 is 0. The van der Waals surface area contributed by atoms with Crippen molar-refractivity contribution in [3.05, 3.63) is 12.2 Å². The van der Waals surface area contributed by atoms with E-state index in [2.05, 4.69) is 43.6 Å². The van der Waals surface area contributed by atoms with Crippen LogP contribution in [0.2, 0.25) is 0 Å². The molecule has 0 saturated heterocycles. The molecule has 4 aliphatic carbocycles. The van der Waals surface area contributed by atoms with Gasteiger partial charge in [0.25, 0.3) is 0 Å². The van der Waals surface area contributed by atoms with Crippen molar-refractivity contribution in [1.82, 2.24) is 10.6 Å². The smallest absolute Gasteiger partial charge is 0.166 e. The van der Waals surface area contributed by atoms with Crippen LogP contribution in [-0.2, 0) is 0 Å². The summed E-state index contributed by atoms with van der Waals surface area (Å²) in [7, 11) is 0. The van der Waals surface area contributed by atoms with Gasteiger partial charge in [0.1, 0.15) is 0 Å². The minimum atomic E-state index is 0.444. The normalized spacial score (nSPS) is 46.7. The fourth-order valence-electron chi connectivity index (χ4n) is 6.56. The molecule has 2 bridgehead atoms. The Bertz CT molecular complexity index is 512. The Morgan fingerprint density at radius 1 is 1.09 bits per heavy atom. The molecular formula is C20H32N2S. The first-order chi connectivity index (χ1) is 10.9. The molecule has 4 rings (SSSR count). The standard InChI is InChI=1S/C20H32N2S/c1-12-7-14(11-20(2,3)10-12)21-19(23)22-18-9-13-8-17(18)16-6-4-5-15(13)16/h4,6,12-18H,5,7-11H2,1-3H3,(H2,21,22,23)/t12-,13-,14+,15+,16-,17+,18-/m1/s1. The molecule has 0 aromatic carbocycles. The van der Waals surface area contributed by atoms with Crippen molar-refractivity contribution in [2.24, 2.45) is 35.0 Å². The summed E-state index contributed by atoms with van der Waals surface area (Å²) in [5.41, 5.74) is 0.444. The lowest BCUT2D eigenvalue weighted by Crippen LogP contribution is -2.51. The second-order valence-electron chi connectivity index (χ2n) is 9.63. The van der Waals surface area contributed by atoms with E-state index in [0.29, 0.717) is 17.5 Å². The topological polar surface area (TPSA) is 24.1 Å². The van der Waals surface area contributed by atoms with Crippen LogP contribution in [0.3, 0.4) is 0 Å². The van der Waals surface area contributed by atoms with Crippen LogP contribution in [0, 0.1) is 35.0 Å². The van der Waals surface area contributed by atoms with Gasteiger partial charge in [0.15, 0.2) is 5.11 Å². The highest BCUT2D eigenvalue weighted by Crippen LogP contribution is 2.56. The molecule has 0 amide bonds. The fraction of sp³-hybridized carbons (Fsp3) is 0.850. The molecule has 0 aromatic heterocycles. The van der Waals surface area contributed by atoms with Gasteiger partial charge in [-0.1, -0.05) is 32.9 Å². The second kappa shape index (κ2) is 5.75. The zero-order valence-electron chi connectivity index (χ0n) is 14.8. The summed E-state index contributed by atoms with van der Waals surface area (Å²) in [6.45, 7) is 7.18. The van der Waals surface area contributed by atoms with Gasteiger partial charge in [-0.3, -0.25) is 0 Å². The van der Waals surface area contributed by atoms with E-state index in [9.17, 15) is 0 Å². The first kappa shape index (κ1) is 15.9. The molecular weight excluding hydrogens is 300 g/mol. The first-order valence-corrected chi connectivity index (χ1v) is 10.1. The van der Waals surface area contributed by atoms with Crippen LogP contribution in [0.15, 0.2) is 12.2 Å². The van der Waals surface area contributed by atoms with Gasteiger partial charge in [-0.15, -0.1) is 0 Å². The van der Waals surface area contributed by atoms with Crippen LogP contribution in [-0.4, -0.2) is 17.2 Å². The minimum Gasteiger partial charge on any atom is -0.360 e. The van der Waals surface area contributed by atoms with Gasteiger partial charge in [0.05, 0.1) is 0 Å². The molecule has 3 saturated carbocycles. The molecule has 23 heavy (non-hydrogen) atoms. The number of thiocarbonyl (C=S) groups is 1. The third-order valence-electron chi connectivity index (χ3n) is 7.05. The molecule has 0 aliphatic heterocycles. The Morgan fingerprint density at radius 2 is 1.91 bits per heavy atom. The van der Waals surface area contributed by atoms with Gasteiger partial charge >= 0.3 is 0 Å². The Kier molecular flexibility index (Phi) is 3.98. The lowest BCUT2D eigenvalue weighted by atomic mass is 9.71. The maximum absolute atomic E-state index is 5.68. The lowest BCUT2D eigenvalue weighted by molar-refractivity contribution is 0.161. The van der Waals surface area contributed by atoms with Crippen LogP contribution >= 0.6 is 12.2 Å². The van der Waals surface area contributed by atoms with E-state index in [0.717, 1.165) is 34.7 Å². The maximum atomic E-state index is 5.68. The van der Waals surface area contributed by atoms with Crippen LogP contribution in [0.25, 0.3) is 0 Å². The molecule has 128 valence electrons. The van der Waals surface area contributed by atoms with Crippen molar-refractivity contribution >= 4 is 17.3 Å². The zero-order chi connectivity index (χ0) is 16.2. The molecule has 0 heterocycles. The van der Waals surface area contributed by atoms with Crippen molar-refractivity contribution in [2.75, 3.05) is 0 Å². The van der Waals surface area contributed by atoms with E-state index in [1.807, 2.05) is 0 Å². The molecule has 0 aromatic rings. The predicted molar refractivity (Wildman–Crippen MR) is 100 cm³/mol. The maximum Gasteiger partial charge on any atom is 0.166 e. The SMILES string of the molecule is C[C@@H]1C[C@H](NC(=S)N[C@@H]2C[C@H]3C[C@H]2[C@@H]2C=CC[C@@H]32)CC(C)(C)C1. The van der Waals surface area contributed by atoms with Gasteiger partial charge in [-0.25, -0.2) is 0 Å². The largest absolute Gasteiger partial charge is 0.360 e. The third kappa shape index (κ3) is 3.06. The highest BCUT2D eigenvalue weighted by atomic mass is 32.1. The van der Waals surface area contributed by atoms with E-state index in [-0.39, 0.29) is 0 Å². The van der Waals surface area contributed by atoms with E-state index in [4.69, 9.17) is 12.2 Å². The summed E-state index contributed by atoms with van der Waals surface area (Å²) in [6.07, 6.45) is 12.8. The van der Waals surface area contributed by atoms with Gasteiger partial charge in [0.2, 0.25) is 0 Å². The Balaban J connectivity index is 1.32. The summed E-state index contributed by atoms with van der Waals surface area (Å²) in [4.78, 5) is 0. The van der Waals surface area contributed by atoms with Crippen LogP contribution in [0.1, 0.15) is 59.3 Å². The molecule has 4 aliphatic rings. The van der Waals surface area contributed by atoms with Crippen LogP contribution in [0.5, 0.6) is 0 Å². The van der Waals surface area contributed by atoms with Crippen molar-refractivity contribution < 1.29 is 0 Å². The summed E-state index contributed by atoms with van der Waals surface area (Å²) in [6, 6.07) is 1.16. The van der Waals surface area contributed by atoms with Crippen molar-refractivity contribution in [3.63, 3.8) is 0 Å². The van der Waals surface area contributed by atoms with E-state index in [1.54, 1.807) is 0 Å². The molecule has 7 atom stereocenters. The summed E-state index contributed by atoms with van der Waals surface area (Å²) in [5.74, 6) is 4.35. The number of rotatable bonds is 2. The molecule has 2 nitrogen and oxygen atoms in total. The van der Waals surface area contributed by atoms with Gasteiger partial charge in [-0.05, 0) is 85.7 Å². The van der Waals surface area contributed by atoms with Gasteiger partial charge in [-0.2, -0.15) is 0 Å². The molecule has 3 fully saturated rings. The molecule has 3 heteroatoms. The predicted octanol–water partition coefficient (Wildman–Crippen LogP) is 4.27. The molecule has 0 spiro atoms. The highest BCUT2D eigenvalue weighted by molar-refractivity contribution is 7.80. The van der Waals surface area contributed by atoms with Gasteiger partial charge < -0.3 is 10.6 Å². The molecule has 0 unspecified atom stereocenters. The third-order valence-corrected chi connectivity index (χ3v) is 7.28. The van der Waals surface area contributed by atoms with Crippen molar-refractivity contribution in [3.8, 4) is 0 Å². The molecule has 2 N–H and O–H groups in total. The number of allylic oxidation sites excluding steroid dienone is 2. The Morgan fingerprint density at radius 3 is 2.70 bits per heavy atom. The summed E-state index contributed by atoms with van der Waals surface area (Å²) >= 11 is 5.68. The average molecular weight is 333 g/mol. The average Bonchev–Trinajstić information content (AvgIpc) is 3.06. The molecule has 0 radical (unpaired) electrons. The van der Waals surface area contributed by atoms with E-state index < -0.39 is 0 Å². The Hall–Kier alpha value is -0.570. The highest BCUT2D eigenvalue weighted by Gasteiger charge is 2.52. The lowest BCUT2D eigenvalue weighted by Gasteiger charge is -2.40. The fourth-order valence-corrected chi connectivity index (χ4v) is 6.88. The first-order valence-electron chi connectivity index (χ1n) is 9.65. The van der Waals surface area contributed by atoms with E-state index in [1.165, 1.54) is 38.5 Å². The Labute approximate surface area is 146 Å². The van der Waals surface area contributed by atoms with Crippen LogP contribution in [0.4, 0.5) is 0 Å². The number of nitrogens with one attached hydrogen (secondary N) is 2.